The van der Waals surface area contributed by atoms with Crippen LogP contribution in [0.5, 0.6) is 0 Å². The summed E-state index contributed by atoms with van der Waals surface area (Å²) >= 11 is 3.30. The van der Waals surface area contributed by atoms with Crippen molar-refractivity contribution in [1.29, 1.82) is 0 Å². The van der Waals surface area contributed by atoms with Crippen molar-refractivity contribution in [1.82, 2.24) is 4.57 Å². The Bertz CT molecular complexity index is 1090. The van der Waals surface area contributed by atoms with Gasteiger partial charge in [-0.1, -0.05) is 41.7 Å². The maximum absolute atomic E-state index is 12.6. The summed E-state index contributed by atoms with van der Waals surface area (Å²) in [5.41, 5.74) is 1.81. The lowest BCUT2D eigenvalue weighted by atomic mass is 10.2. The first-order chi connectivity index (χ1) is 12.3. The molecule has 2 heterocycles. The number of para-hydroxylation sites is 2. The molecule has 25 heavy (non-hydrogen) atoms. The highest BCUT2D eigenvalue weighted by molar-refractivity contribution is 7.98. The van der Waals surface area contributed by atoms with E-state index in [1.54, 1.807) is 17.8 Å². The van der Waals surface area contributed by atoms with E-state index in [0.717, 1.165) is 27.9 Å². The molecule has 0 saturated heterocycles. The molecule has 0 atom stereocenters. The number of thioether (sulfide) groups is 1. The zero-order valence-electron chi connectivity index (χ0n) is 13.6. The molecule has 0 unspecified atom stereocenters. The van der Waals surface area contributed by atoms with E-state index in [0.29, 0.717) is 10.4 Å². The lowest BCUT2D eigenvalue weighted by molar-refractivity contribution is 0.0973. The molecule has 0 aliphatic rings. The molecule has 2 aromatic carbocycles. The third kappa shape index (κ3) is 3.15. The lowest BCUT2D eigenvalue weighted by Crippen LogP contribution is -2.18. The second-order valence-corrected chi connectivity index (χ2v) is 7.56. The van der Waals surface area contributed by atoms with Gasteiger partial charge < -0.3 is 8.98 Å². The summed E-state index contributed by atoms with van der Waals surface area (Å²) in [5.74, 6) is 0.892. The topological polar surface area (TPSA) is 47.5 Å². The SMILES string of the molecule is CSCCn1c(=NC(=O)c2cc3ccccc3o2)sc2ccccc21. The van der Waals surface area contributed by atoms with Crippen LogP contribution in [0.15, 0.2) is 64.0 Å². The minimum absolute atomic E-state index is 0.273. The van der Waals surface area contributed by atoms with E-state index in [2.05, 4.69) is 27.9 Å². The number of rotatable bonds is 4. The second kappa shape index (κ2) is 6.90. The number of hydrogen-bond donors (Lipinski definition) is 0. The van der Waals surface area contributed by atoms with E-state index in [1.807, 2.05) is 36.4 Å². The molecule has 4 nitrogen and oxygen atoms in total. The summed E-state index contributed by atoms with van der Waals surface area (Å²) in [6.07, 6.45) is 2.07. The number of thiazole rings is 1. The largest absolute Gasteiger partial charge is 0.451 e. The van der Waals surface area contributed by atoms with Crippen LogP contribution in [0.1, 0.15) is 10.6 Å². The van der Waals surface area contributed by atoms with Crippen LogP contribution in [0.2, 0.25) is 0 Å². The predicted octanol–water partition coefficient (Wildman–Crippen LogP) is 4.55. The van der Waals surface area contributed by atoms with Crippen LogP contribution in [0.3, 0.4) is 0 Å². The first-order valence-electron chi connectivity index (χ1n) is 7.91. The van der Waals surface area contributed by atoms with Gasteiger partial charge in [0.25, 0.3) is 0 Å². The summed E-state index contributed by atoms with van der Waals surface area (Å²) in [7, 11) is 0. The van der Waals surface area contributed by atoms with Gasteiger partial charge in [0.05, 0.1) is 10.2 Å². The van der Waals surface area contributed by atoms with Gasteiger partial charge in [0.15, 0.2) is 10.6 Å². The molecule has 6 heteroatoms. The number of aromatic nitrogens is 1. The monoisotopic (exact) mass is 368 g/mol. The van der Waals surface area contributed by atoms with Gasteiger partial charge in [-0.3, -0.25) is 4.79 Å². The average molecular weight is 368 g/mol. The molecule has 126 valence electrons. The number of carbonyl (C=O) groups is 1. The number of fused-ring (bicyclic) bond motifs is 2. The van der Waals surface area contributed by atoms with E-state index in [4.69, 9.17) is 4.42 Å². The number of furan rings is 1. The van der Waals surface area contributed by atoms with Crippen molar-refractivity contribution in [2.24, 2.45) is 4.99 Å². The summed E-state index contributed by atoms with van der Waals surface area (Å²) < 4.78 is 8.88. The van der Waals surface area contributed by atoms with Crippen LogP contribution in [0, 0.1) is 0 Å². The average Bonchev–Trinajstić information content (AvgIpc) is 3.21. The fourth-order valence-corrected chi connectivity index (χ4v) is 4.15. The highest BCUT2D eigenvalue weighted by atomic mass is 32.2. The van der Waals surface area contributed by atoms with Crippen LogP contribution >= 0.6 is 23.1 Å². The third-order valence-electron chi connectivity index (χ3n) is 3.94. The first-order valence-corrected chi connectivity index (χ1v) is 10.1. The highest BCUT2D eigenvalue weighted by Crippen LogP contribution is 2.20. The Hall–Kier alpha value is -2.31. The van der Waals surface area contributed by atoms with E-state index in [1.165, 1.54) is 11.3 Å². The Kier molecular flexibility index (Phi) is 4.46. The van der Waals surface area contributed by atoms with Gasteiger partial charge in [-0.05, 0) is 30.5 Å². The van der Waals surface area contributed by atoms with Crippen molar-refractivity contribution in [3.05, 3.63) is 65.2 Å². The molecule has 0 fully saturated rings. The fourth-order valence-electron chi connectivity index (χ4n) is 2.73. The predicted molar refractivity (Wildman–Crippen MR) is 104 cm³/mol. The van der Waals surface area contributed by atoms with Crippen LogP contribution in [-0.2, 0) is 6.54 Å². The van der Waals surface area contributed by atoms with Crippen molar-refractivity contribution < 1.29 is 9.21 Å². The Morgan fingerprint density at radius 1 is 1.20 bits per heavy atom. The van der Waals surface area contributed by atoms with Crippen molar-refractivity contribution >= 4 is 50.2 Å². The van der Waals surface area contributed by atoms with Crippen LogP contribution in [0.4, 0.5) is 0 Å². The van der Waals surface area contributed by atoms with Crippen LogP contribution < -0.4 is 4.80 Å². The van der Waals surface area contributed by atoms with E-state index >= 15 is 0 Å². The number of amides is 1. The Morgan fingerprint density at radius 2 is 2.00 bits per heavy atom. The molecule has 0 aliphatic heterocycles. The molecule has 2 aromatic heterocycles. The molecular weight excluding hydrogens is 352 g/mol. The van der Waals surface area contributed by atoms with Crippen molar-refractivity contribution in [3.63, 3.8) is 0 Å². The Labute approximate surface area is 152 Å². The van der Waals surface area contributed by atoms with Crippen molar-refractivity contribution in [2.75, 3.05) is 12.0 Å². The minimum atomic E-state index is -0.347. The number of carbonyl (C=O) groups excluding carboxylic acids is 1. The maximum atomic E-state index is 12.6. The summed E-state index contributed by atoms with van der Waals surface area (Å²) in [6.45, 7) is 0.817. The number of aryl methyl sites for hydroxylation is 1. The standard InChI is InChI=1S/C19H16N2O2S2/c1-24-11-10-21-14-7-3-5-9-17(14)25-19(21)20-18(22)16-12-13-6-2-4-8-15(13)23-16/h2-9,12H,10-11H2,1H3. The summed E-state index contributed by atoms with van der Waals surface area (Å²) in [6, 6.07) is 17.5. The van der Waals surface area contributed by atoms with Gasteiger partial charge in [0.2, 0.25) is 0 Å². The summed E-state index contributed by atoms with van der Waals surface area (Å²) in [5, 5.41) is 0.910. The molecule has 4 aromatic rings. The zero-order valence-corrected chi connectivity index (χ0v) is 15.3. The molecule has 0 bridgehead atoms. The quantitative estimate of drug-likeness (QED) is 0.531. The smallest absolute Gasteiger partial charge is 0.315 e. The Balaban J connectivity index is 1.80. The zero-order chi connectivity index (χ0) is 17.2. The normalized spacial score (nSPS) is 12.3. The van der Waals surface area contributed by atoms with Gasteiger partial charge in [-0.2, -0.15) is 16.8 Å². The van der Waals surface area contributed by atoms with Gasteiger partial charge in [-0.15, -0.1) is 0 Å². The van der Waals surface area contributed by atoms with Gasteiger partial charge in [0.1, 0.15) is 5.58 Å². The number of benzene rings is 2. The van der Waals surface area contributed by atoms with Crippen molar-refractivity contribution in [3.8, 4) is 0 Å². The second-order valence-electron chi connectivity index (χ2n) is 5.56. The molecule has 0 saturated carbocycles. The van der Waals surface area contributed by atoms with Crippen molar-refractivity contribution in [2.45, 2.75) is 6.54 Å². The molecular formula is C19H16N2O2S2. The highest BCUT2D eigenvalue weighted by Gasteiger charge is 2.13. The third-order valence-corrected chi connectivity index (χ3v) is 5.59. The maximum Gasteiger partial charge on any atom is 0.315 e. The van der Waals surface area contributed by atoms with E-state index in [-0.39, 0.29) is 11.7 Å². The molecule has 0 N–H and O–H groups in total. The van der Waals surface area contributed by atoms with Gasteiger partial charge >= 0.3 is 5.91 Å². The van der Waals surface area contributed by atoms with Gasteiger partial charge in [-0.25, -0.2) is 0 Å². The van der Waals surface area contributed by atoms with E-state index in [9.17, 15) is 4.79 Å². The molecule has 1 amide bonds. The molecule has 4 rings (SSSR count). The molecule has 0 spiro atoms. The lowest BCUT2D eigenvalue weighted by Gasteiger charge is -2.03. The van der Waals surface area contributed by atoms with Gasteiger partial charge in [0, 0.05) is 17.7 Å². The number of nitrogens with zero attached hydrogens (tertiary/aromatic N) is 2. The number of hydrogen-bond acceptors (Lipinski definition) is 4. The Morgan fingerprint density at radius 3 is 2.84 bits per heavy atom. The fraction of sp³-hybridized carbons (Fsp3) is 0.158. The van der Waals surface area contributed by atoms with E-state index < -0.39 is 0 Å². The minimum Gasteiger partial charge on any atom is -0.451 e. The molecule has 0 radical (unpaired) electrons. The first kappa shape index (κ1) is 16.2. The molecule has 0 aliphatic carbocycles. The summed E-state index contributed by atoms with van der Waals surface area (Å²) in [4.78, 5) is 17.7. The van der Waals surface area contributed by atoms with Crippen LogP contribution in [0.25, 0.3) is 21.2 Å². The van der Waals surface area contributed by atoms with Crippen LogP contribution in [-0.4, -0.2) is 22.5 Å².